The van der Waals surface area contributed by atoms with Gasteiger partial charge in [-0.15, -0.1) is 0 Å². The molecular formula is C28H20N2O2+2. The molecule has 0 bridgehead atoms. The lowest BCUT2D eigenvalue weighted by atomic mass is 9.77. The van der Waals surface area contributed by atoms with Crippen molar-refractivity contribution in [3.05, 3.63) is 119 Å². The third-order valence-corrected chi connectivity index (χ3v) is 7.12. The molecule has 5 aromatic rings. The van der Waals surface area contributed by atoms with Gasteiger partial charge in [-0.25, -0.2) is 4.79 Å². The van der Waals surface area contributed by atoms with E-state index in [4.69, 9.17) is 4.42 Å². The van der Waals surface area contributed by atoms with Crippen molar-refractivity contribution in [3.8, 4) is 11.3 Å². The zero-order chi connectivity index (χ0) is 21.4. The van der Waals surface area contributed by atoms with Crippen molar-refractivity contribution < 1.29 is 13.6 Å². The topological polar surface area (TPSA) is 38.0 Å². The van der Waals surface area contributed by atoms with Crippen LogP contribution in [0.15, 0.2) is 107 Å². The zero-order valence-electron chi connectivity index (χ0n) is 17.3. The Morgan fingerprint density at radius 2 is 1.66 bits per heavy atom. The molecule has 0 saturated heterocycles. The minimum atomic E-state index is -0.300. The van der Waals surface area contributed by atoms with Gasteiger partial charge in [-0.3, -0.25) is 0 Å². The molecule has 3 unspecified atom stereocenters. The van der Waals surface area contributed by atoms with E-state index in [2.05, 4.69) is 76.6 Å². The molecule has 152 valence electrons. The Kier molecular flexibility index (Phi) is 3.43. The zero-order valence-corrected chi connectivity index (χ0v) is 17.3. The minimum Gasteiger partial charge on any atom is -0.422 e. The highest BCUT2D eigenvalue weighted by Crippen LogP contribution is 2.48. The normalized spacial score (nSPS) is 20.4. The molecule has 0 spiro atoms. The smallest absolute Gasteiger partial charge is 0.350 e. The maximum atomic E-state index is 12.7. The molecule has 0 amide bonds. The Bertz CT molecular complexity index is 1600. The molecule has 32 heavy (non-hydrogen) atoms. The van der Waals surface area contributed by atoms with Gasteiger partial charge in [-0.1, -0.05) is 36.9 Å². The first kappa shape index (κ1) is 17.6. The molecule has 4 heteroatoms. The SMILES string of the molecule is C=CC1C(C2c3ccccc3-c3cccc[n+]32)c2cccc3oc(=O)c4ccc[n+]1c4c23. The van der Waals surface area contributed by atoms with Crippen molar-refractivity contribution in [1.29, 1.82) is 0 Å². The summed E-state index contributed by atoms with van der Waals surface area (Å²) < 4.78 is 10.4. The van der Waals surface area contributed by atoms with Crippen molar-refractivity contribution in [3.63, 3.8) is 0 Å². The van der Waals surface area contributed by atoms with Gasteiger partial charge in [-0.2, -0.15) is 9.13 Å². The predicted molar refractivity (Wildman–Crippen MR) is 122 cm³/mol. The quantitative estimate of drug-likeness (QED) is 0.182. The summed E-state index contributed by atoms with van der Waals surface area (Å²) in [6, 6.07) is 25.0. The Balaban J connectivity index is 1.63. The van der Waals surface area contributed by atoms with Crippen molar-refractivity contribution in [2.75, 3.05) is 0 Å². The largest absolute Gasteiger partial charge is 0.422 e. The fourth-order valence-electron chi connectivity index (χ4n) is 5.93. The lowest BCUT2D eigenvalue weighted by Crippen LogP contribution is -2.51. The number of allylic oxidation sites excluding steroid dienone is 1. The van der Waals surface area contributed by atoms with Gasteiger partial charge < -0.3 is 4.42 Å². The summed E-state index contributed by atoms with van der Waals surface area (Å²) >= 11 is 0. The van der Waals surface area contributed by atoms with Crippen LogP contribution in [0.25, 0.3) is 33.1 Å². The van der Waals surface area contributed by atoms with Crippen LogP contribution in [0.2, 0.25) is 0 Å². The molecule has 0 N–H and O–H groups in total. The van der Waals surface area contributed by atoms with Gasteiger partial charge >= 0.3 is 5.63 Å². The average molecular weight is 416 g/mol. The van der Waals surface area contributed by atoms with E-state index in [1.807, 2.05) is 30.3 Å². The fraction of sp³-hybridized carbons (Fsp3) is 0.107. The first-order valence-corrected chi connectivity index (χ1v) is 10.9. The number of hydrogen-bond acceptors (Lipinski definition) is 2. The molecule has 2 aliphatic heterocycles. The van der Waals surface area contributed by atoms with E-state index in [9.17, 15) is 4.79 Å². The highest BCUT2D eigenvalue weighted by atomic mass is 16.4. The van der Waals surface area contributed by atoms with E-state index in [-0.39, 0.29) is 23.6 Å². The van der Waals surface area contributed by atoms with Crippen molar-refractivity contribution >= 4 is 21.9 Å². The maximum absolute atomic E-state index is 12.7. The second-order valence-corrected chi connectivity index (χ2v) is 8.56. The first-order valence-electron chi connectivity index (χ1n) is 10.9. The number of pyridine rings is 2. The summed E-state index contributed by atoms with van der Waals surface area (Å²) in [4.78, 5) is 12.7. The standard InChI is InChI=1S/C28H20N2O2/c1-2-21-24(26-18-10-4-3-9-17(18)22-13-5-6-15-30(22)26)19-11-7-14-23-25(19)27-20(28(31)32-23)12-8-16-29(21)27/h2-16,21,24,26H,1H2/q+2. The number of nitrogens with zero attached hydrogens (tertiary/aromatic N) is 2. The number of fused-ring (bicyclic) bond motifs is 3. The van der Waals surface area contributed by atoms with E-state index in [1.54, 1.807) is 0 Å². The van der Waals surface area contributed by atoms with Crippen LogP contribution in [0.4, 0.5) is 0 Å². The Morgan fingerprint density at radius 1 is 0.844 bits per heavy atom. The second kappa shape index (κ2) is 6.24. The van der Waals surface area contributed by atoms with Crippen molar-refractivity contribution in [2.24, 2.45) is 0 Å². The van der Waals surface area contributed by atoms with Crippen LogP contribution in [0.3, 0.4) is 0 Å². The van der Waals surface area contributed by atoms with Crippen LogP contribution < -0.4 is 14.8 Å². The van der Waals surface area contributed by atoms with Crippen molar-refractivity contribution in [1.82, 2.24) is 0 Å². The highest BCUT2D eigenvalue weighted by Gasteiger charge is 2.51. The monoisotopic (exact) mass is 416 g/mol. The van der Waals surface area contributed by atoms with Gasteiger partial charge in [0.1, 0.15) is 16.9 Å². The second-order valence-electron chi connectivity index (χ2n) is 8.56. The average Bonchev–Trinajstić information content (AvgIpc) is 3.17. The molecule has 0 fully saturated rings. The van der Waals surface area contributed by atoms with E-state index in [0.29, 0.717) is 11.0 Å². The van der Waals surface area contributed by atoms with Crippen LogP contribution in [0.5, 0.6) is 0 Å². The summed E-state index contributed by atoms with van der Waals surface area (Å²) in [5.74, 6) is 0.0850. The molecule has 2 aromatic carbocycles. The molecule has 5 heterocycles. The predicted octanol–water partition coefficient (Wildman–Crippen LogP) is 4.62. The molecule has 3 atom stereocenters. The van der Waals surface area contributed by atoms with Crippen LogP contribution in [0, 0.1) is 0 Å². The summed E-state index contributed by atoms with van der Waals surface area (Å²) in [5.41, 5.74) is 6.25. The third kappa shape index (κ3) is 2.09. The number of rotatable bonds is 2. The molecule has 3 aromatic heterocycles. The molecule has 7 rings (SSSR count). The number of hydrogen-bond donors (Lipinski definition) is 0. The van der Waals surface area contributed by atoms with Gasteiger partial charge in [0.25, 0.3) is 0 Å². The molecular weight excluding hydrogens is 396 g/mol. The van der Waals surface area contributed by atoms with Gasteiger partial charge in [0.15, 0.2) is 24.5 Å². The summed E-state index contributed by atoms with van der Waals surface area (Å²) in [7, 11) is 0. The minimum absolute atomic E-state index is 0.0182. The summed E-state index contributed by atoms with van der Waals surface area (Å²) in [6.07, 6.45) is 6.25. The third-order valence-electron chi connectivity index (χ3n) is 7.12. The summed E-state index contributed by atoms with van der Waals surface area (Å²) in [5, 5.41) is 1.63. The maximum Gasteiger partial charge on any atom is 0.350 e. The molecule has 0 saturated carbocycles. The van der Waals surface area contributed by atoms with Gasteiger partial charge in [0.05, 0.1) is 10.9 Å². The molecule has 4 nitrogen and oxygen atoms in total. The summed E-state index contributed by atoms with van der Waals surface area (Å²) in [6.45, 7) is 4.23. The van der Waals surface area contributed by atoms with Crippen LogP contribution >= 0.6 is 0 Å². The highest BCUT2D eigenvalue weighted by molar-refractivity contribution is 6.02. The molecule has 2 aliphatic rings. The van der Waals surface area contributed by atoms with Gasteiger partial charge in [0, 0.05) is 23.8 Å². The first-order chi connectivity index (χ1) is 15.8. The Morgan fingerprint density at radius 3 is 2.56 bits per heavy atom. The fourth-order valence-corrected chi connectivity index (χ4v) is 5.93. The lowest BCUT2D eigenvalue weighted by molar-refractivity contribution is -0.731. The van der Waals surface area contributed by atoms with E-state index in [1.165, 1.54) is 22.4 Å². The molecule has 0 radical (unpaired) electrons. The number of aromatic nitrogens is 2. The number of benzene rings is 2. The van der Waals surface area contributed by atoms with Crippen molar-refractivity contribution in [2.45, 2.75) is 18.0 Å². The van der Waals surface area contributed by atoms with E-state index < -0.39 is 0 Å². The van der Waals surface area contributed by atoms with Gasteiger partial charge in [0.2, 0.25) is 11.2 Å². The Hall–Kier alpha value is -4.05. The van der Waals surface area contributed by atoms with E-state index >= 15 is 0 Å². The molecule has 0 aliphatic carbocycles. The van der Waals surface area contributed by atoms with Crippen LogP contribution in [-0.4, -0.2) is 0 Å². The van der Waals surface area contributed by atoms with Crippen LogP contribution in [-0.2, 0) is 0 Å². The Labute approximate surface area is 184 Å². The van der Waals surface area contributed by atoms with Crippen LogP contribution in [0.1, 0.15) is 29.1 Å². The van der Waals surface area contributed by atoms with Gasteiger partial charge in [-0.05, 0) is 35.9 Å². The lowest BCUT2D eigenvalue weighted by Gasteiger charge is -2.29. The van der Waals surface area contributed by atoms with E-state index in [0.717, 1.165) is 10.9 Å².